The Bertz CT molecular complexity index is 476. The summed E-state index contributed by atoms with van der Waals surface area (Å²) in [5, 5.41) is 11.0. The normalized spacial score (nSPS) is 28.8. The van der Waals surface area contributed by atoms with Gasteiger partial charge in [0.05, 0.1) is 0 Å². The summed E-state index contributed by atoms with van der Waals surface area (Å²) in [7, 11) is 3.02. The Morgan fingerprint density at radius 1 is 1.58 bits per heavy atom. The molecule has 2 atom stereocenters. The van der Waals surface area contributed by atoms with Gasteiger partial charge in [-0.3, -0.25) is 0 Å². The highest BCUT2D eigenvalue weighted by Gasteiger charge is 2.61. The quantitative estimate of drug-likeness (QED) is 0.493. The largest absolute Gasteiger partial charge is 0.540 e. The summed E-state index contributed by atoms with van der Waals surface area (Å²) in [4.78, 5) is 35.7. The highest BCUT2D eigenvalue weighted by atomic mass is 32.2. The number of hydrogen-bond acceptors (Lipinski definition) is 6. The van der Waals surface area contributed by atoms with Crippen molar-refractivity contribution < 1.29 is 28.7 Å². The molecule has 1 saturated heterocycles. The first-order chi connectivity index (χ1) is 8.89. The number of rotatable bonds is 3. The number of aliphatic carboxylic acids is 1. The lowest BCUT2D eigenvalue weighted by molar-refractivity contribution is -0.870. The van der Waals surface area contributed by atoms with Crippen molar-refractivity contribution in [3.63, 3.8) is 0 Å². The van der Waals surface area contributed by atoms with Gasteiger partial charge in [-0.1, -0.05) is 11.8 Å². The highest BCUT2D eigenvalue weighted by molar-refractivity contribution is 8.00. The molecule has 2 aliphatic rings. The second-order valence-electron chi connectivity index (χ2n) is 4.57. The van der Waals surface area contributed by atoms with Gasteiger partial charge >= 0.3 is 12.0 Å². The van der Waals surface area contributed by atoms with Crippen molar-refractivity contribution in [2.75, 3.05) is 26.6 Å². The van der Waals surface area contributed by atoms with E-state index in [1.54, 1.807) is 0 Å². The van der Waals surface area contributed by atoms with E-state index in [4.69, 9.17) is 4.74 Å². The average Bonchev–Trinajstić information content (AvgIpc) is 2.34. The van der Waals surface area contributed by atoms with Gasteiger partial charge in [0, 0.05) is 19.8 Å². The number of ether oxygens (including phenoxy) is 1. The first-order valence-electron chi connectivity index (χ1n) is 5.68. The van der Waals surface area contributed by atoms with Crippen LogP contribution in [0.1, 0.15) is 6.42 Å². The molecule has 0 N–H and O–H groups in total. The summed E-state index contributed by atoms with van der Waals surface area (Å²) in [6.45, 7) is -0.298. The monoisotopic (exact) mass is 286 g/mol. The molecule has 8 heteroatoms. The molecule has 0 spiro atoms. The number of carboxylic acids is 1. The van der Waals surface area contributed by atoms with E-state index in [9.17, 15) is 19.5 Å². The van der Waals surface area contributed by atoms with Crippen molar-refractivity contribution in [2.45, 2.75) is 11.8 Å². The van der Waals surface area contributed by atoms with Crippen LogP contribution in [0.5, 0.6) is 0 Å². The maximum absolute atomic E-state index is 11.9. The van der Waals surface area contributed by atoms with Gasteiger partial charge in [-0.25, -0.2) is 9.59 Å². The molecule has 0 aromatic heterocycles. The Morgan fingerprint density at radius 2 is 2.26 bits per heavy atom. The molecule has 0 aromatic carbocycles. The van der Waals surface area contributed by atoms with Gasteiger partial charge in [0.15, 0.2) is 11.1 Å². The standard InChI is InChI=1S/C11H14N2O5S/c1-12(2)11(17)18-6-13-7(10(15)16)3-4-19-9(13)5-8(13)14/h3,9H,4-6H2,1-2H3/t9-,13?/m0/s1. The van der Waals surface area contributed by atoms with E-state index in [1.807, 2.05) is 0 Å². The number of carboxylic acid groups (broad SMARTS) is 1. The number of carbonyl (C=O) groups excluding carboxylic acids is 3. The van der Waals surface area contributed by atoms with Crippen LogP contribution < -0.4 is 5.11 Å². The maximum atomic E-state index is 11.9. The second kappa shape index (κ2) is 4.86. The molecule has 0 bridgehead atoms. The molecule has 0 aromatic rings. The van der Waals surface area contributed by atoms with E-state index in [0.717, 1.165) is 0 Å². The third-order valence-corrected chi connectivity index (χ3v) is 4.52. The van der Waals surface area contributed by atoms with Gasteiger partial charge in [-0.15, -0.1) is 0 Å². The first-order valence-corrected chi connectivity index (χ1v) is 6.73. The molecule has 0 saturated carbocycles. The van der Waals surface area contributed by atoms with Crippen molar-refractivity contribution in [3.05, 3.63) is 11.8 Å². The van der Waals surface area contributed by atoms with Crippen LogP contribution in [0, 0.1) is 0 Å². The molecule has 0 aliphatic carbocycles. The SMILES string of the molecule is CN(C)C(=O)OC[N+]12C(=O)C[C@@H]1SCC=C2C(=O)[O-]. The predicted molar refractivity (Wildman–Crippen MR) is 64.3 cm³/mol. The van der Waals surface area contributed by atoms with Crippen molar-refractivity contribution in [1.29, 1.82) is 0 Å². The van der Waals surface area contributed by atoms with E-state index < -0.39 is 16.5 Å². The van der Waals surface area contributed by atoms with Crippen LogP contribution in [0.15, 0.2) is 11.8 Å². The highest BCUT2D eigenvalue weighted by Crippen LogP contribution is 2.45. The third kappa shape index (κ3) is 2.10. The predicted octanol–water partition coefficient (Wildman–Crippen LogP) is -0.904. The van der Waals surface area contributed by atoms with E-state index in [1.165, 1.54) is 36.8 Å². The minimum absolute atomic E-state index is 0.105. The Hall–Kier alpha value is -1.54. The third-order valence-electron chi connectivity index (χ3n) is 3.25. The van der Waals surface area contributed by atoms with Gasteiger partial charge < -0.3 is 19.5 Å². The fourth-order valence-electron chi connectivity index (χ4n) is 2.15. The second-order valence-corrected chi connectivity index (χ2v) is 5.78. The zero-order valence-electron chi connectivity index (χ0n) is 10.6. The molecular formula is C11H14N2O5S. The minimum atomic E-state index is -1.39. The van der Waals surface area contributed by atoms with Crippen LogP contribution in [-0.2, 0) is 14.3 Å². The zero-order chi connectivity index (χ0) is 14.2. The lowest BCUT2D eigenvalue weighted by Gasteiger charge is -2.50. The van der Waals surface area contributed by atoms with Crippen molar-refractivity contribution in [2.24, 2.45) is 0 Å². The zero-order valence-corrected chi connectivity index (χ0v) is 11.4. The Morgan fingerprint density at radius 3 is 2.79 bits per heavy atom. The molecule has 2 heterocycles. The van der Waals surface area contributed by atoms with Gasteiger partial charge in [0.1, 0.15) is 12.4 Å². The molecule has 0 radical (unpaired) electrons. The van der Waals surface area contributed by atoms with Gasteiger partial charge in [0.25, 0.3) is 0 Å². The molecule has 2 amide bonds. The van der Waals surface area contributed by atoms with Gasteiger partial charge in [-0.05, 0) is 6.08 Å². The molecular weight excluding hydrogens is 272 g/mol. The number of nitrogens with zero attached hydrogens (tertiary/aromatic N) is 2. The number of carbonyl (C=O) groups is 3. The summed E-state index contributed by atoms with van der Waals surface area (Å²) >= 11 is 1.48. The maximum Gasteiger partial charge on any atom is 0.413 e. The summed E-state index contributed by atoms with van der Waals surface area (Å²) in [6, 6.07) is 0. The van der Waals surface area contributed by atoms with Crippen LogP contribution in [0.3, 0.4) is 0 Å². The van der Waals surface area contributed by atoms with Crippen LogP contribution in [-0.4, -0.2) is 59.3 Å². The summed E-state index contributed by atoms with van der Waals surface area (Å²) in [5.41, 5.74) is -0.105. The smallest absolute Gasteiger partial charge is 0.413 e. The number of thioether (sulfide) groups is 1. The number of β-lactam (4-membered cyclic amide) rings is 1. The Balaban J connectivity index is 2.23. The molecule has 1 unspecified atom stereocenters. The molecule has 2 rings (SSSR count). The molecule has 7 nitrogen and oxygen atoms in total. The van der Waals surface area contributed by atoms with Gasteiger partial charge in [0.2, 0.25) is 6.73 Å². The number of amides is 2. The first kappa shape index (κ1) is 13.9. The molecule has 19 heavy (non-hydrogen) atoms. The van der Waals surface area contributed by atoms with Crippen molar-refractivity contribution in [3.8, 4) is 0 Å². The summed E-state index contributed by atoms with van der Waals surface area (Å²) in [5.74, 6) is -1.14. The van der Waals surface area contributed by atoms with E-state index in [2.05, 4.69) is 0 Å². The number of fused-ring (bicyclic) bond motifs is 1. The summed E-state index contributed by atoms with van der Waals surface area (Å²) < 4.78 is 4.56. The van der Waals surface area contributed by atoms with Gasteiger partial charge in [-0.2, -0.15) is 4.48 Å². The fourth-order valence-corrected chi connectivity index (χ4v) is 3.43. The lowest BCUT2D eigenvalue weighted by Crippen LogP contribution is -2.71. The van der Waals surface area contributed by atoms with Crippen LogP contribution in [0.4, 0.5) is 4.79 Å². The number of hydrogen-bond donors (Lipinski definition) is 0. The molecule has 2 aliphatic heterocycles. The average molecular weight is 286 g/mol. The molecule has 1 fully saturated rings. The fraction of sp³-hybridized carbons (Fsp3) is 0.545. The van der Waals surface area contributed by atoms with E-state index in [-0.39, 0.29) is 30.1 Å². The molecule has 104 valence electrons. The Labute approximate surface area is 114 Å². The topological polar surface area (TPSA) is 86.7 Å². The van der Waals surface area contributed by atoms with Crippen molar-refractivity contribution >= 4 is 29.7 Å². The van der Waals surface area contributed by atoms with E-state index in [0.29, 0.717) is 5.75 Å². The minimum Gasteiger partial charge on any atom is -0.540 e. The number of quaternary nitrogens is 1. The van der Waals surface area contributed by atoms with Crippen LogP contribution in [0.25, 0.3) is 0 Å². The van der Waals surface area contributed by atoms with Crippen molar-refractivity contribution in [1.82, 2.24) is 4.90 Å². The lowest BCUT2D eigenvalue weighted by atomic mass is 10.1. The van der Waals surface area contributed by atoms with Crippen LogP contribution in [0.2, 0.25) is 0 Å². The Kier molecular flexibility index (Phi) is 3.55. The van der Waals surface area contributed by atoms with E-state index >= 15 is 0 Å². The van der Waals surface area contributed by atoms with Crippen LogP contribution >= 0.6 is 11.8 Å². The summed E-state index contributed by atoms with van der Waals surface area (Å²) in [6.07, 6.45) is 1.13.